The second-order valence-corrected chi connectivity index (χ2v) is 18.1. The molecular formula is C46H90NO10P. The Morgan fingerprint density at radius 3 is 1.09 bits per heavy atom. The third-order valence-corrected chi connectivity index (χ3v) is 11.8. The zero-order valence-electron chi connectivity index (χ0n) is 37.4. The fourth-order valence-electron chi connectivity index (χ4n) is 7.07. The van der Waals surface area contributed by atoms with Gasteiger partial charge in [-0.1, -0.05) is 219 Å². The molecule has 11 nitrogen and oxygen atoms in total. The molecule has 344 valence electrons. The number of carboxylic acids is 1. The lowest BCUT2D eigenvalue weighted by Gasteiger charge is -2.20. The first kappa shape index (κ1) is 56.5. The zero-order valence-corrected chi connectivity index (χ0v) is 38.3. The summed E-state index contributed by atoms with van der Waals surface area (Å²) in [6.45, 7) is 2.84. The first-order valence-electron chi connectivity index (χ1n) is 24.1. The molecule has 0 aliphatic heterocycles. The Hall–Kier alpha value is -1.52. The largest absolute Gasteiger partial charge is 0.480 e. The molecule has 0 rings (SSSR count). The van der Waals surface area contributed by atoms with E-state index in [-0.39, 0.29) is 19.4 Å². The van der Waals surface area contributed by atoms with Crippen molar-refractivity contribution in [3.8, 4) is 0 Å². The van der Waals surface area contributed by atoms with Gasteiger partial charge in [-0.15, -0.1) is 0 Å². The van der Waals surface area contributed by atoms with E-state index in [0.29, 0.717) is 12.8 Å². The summed E-state index contributed by atoms with van der Waals surface area (Å²) in [6, 6.07) is -1.52. The lowest BCUT2D eigenvalue weighted by atomic mass is 10.0. The summed E-state index contributed by atoms with van der Waals surface area (Å²) < 4.78 is 32.7. The molecule has 0 saturated heterocycles. The average molecular weight is 848 g/mol. The Balaban J connectivity index is 4.15. The lowest BCUT2D eigenvalue weighted by Crippen LogP contribution is -2.34. The van der Waals surface area contributed by atoms with Gasteiger partial charge >= 0.3 is 25.7 Å². The van der Waals surface area contributed by atoms with E-state index >= 15 is 0 Å². The Bertz CT molecular complexity index is 1000. The summed E-state index contributed by atoms with van der Waals surface area (Å²) in [7, 11) is -4.71. The maximum Gasteiger partial charge on any atom is 0.472 e. The van der Waals surface area contributed by atoms with Crippen LogP contribution in [-0.2, 0) is 37.5 Å². The van der Waals surface area contributed by atoms with E-state index < -0.39 is 51.1 Å². The average Bonchev–Trinajstić information content (AvgIpc) is 3.20. The minimum absolute atomic E-state index is 0.170. The van der Waals surface area contributed by atoms with Gasteiger partial charge in [-0.25, -0.2) is 4.57 Å². The highest BCUT2D eigenvalue weighted by Gasteiger charge is 2.28. The molecule has 1 unspecified atom stereocenters. The third-order valence-electron chi connectivity index (χ3n) is 10.9. The van der Waals surface area contributed by atoms with E-state index in [1.807, 2.05) is 0 Å². The van der Waals surface area contributed by atoms with Crippen LogP contribution < -0.4 is 5.73 Å². The van der Waals surface area contributed by atoms with Crippen LogP contribution in [0.2, 0.25) is 0 Å². The van der Waals surface area contributed by atoms with Gasteiger partial charge in [0.05, 0.1) is 13.2 Å². The van der Waals surface area contributed by atoms with E-state index in [4.69, 9.17) is 24.8 Å². The Kier molecular flexibility index (Phi) is 41.1. The van der Waals surface area contributed by atoms with E-state index in [1.165, 1.54) is 167 Å². The Morgan fingerprint density at radius 1 is 0.466 bits per heavy atom. The highest BCUT2D eigenvalue weighted by Crippen LogP contribution is 2.43. The summed E-state index contributed by atoms with van der Waals surface area (Å²) in [5.74, 6) is -2.36. The number of ether oxygens (including phenoxy) is 2. The normalized spacial score (nSPS) is 13.6. The molecule has 0 aromatic rings. The maximum atomic E-state index is 12.7. The summed E-state index contributed by atoms with van der Waals surface area (Å²) in [5, 5.41) is 8.89. The summed E-state index contributed by atoms with van der Waals surface area (Å²) in [6.07, 6.45) is 41.8. The van der Waals surface area contributed by atoms with Gasteiger partial charge in [-0.3, -0.25) is 23.4 Å². The Labute approximate surface area is 355 Å². The number of phosphoric acid groups is 1. The number of carbonyl (C=O) groups excluding carboxylic acids is 2. The zero-order chi connectivity index (χ0) is 42.8. The van der Waals surface area contributed by atoms with Crippen LogP contribution in [-0.4, -0.2) is 59.9 Å². The molecule has 0 saturated carbocycles. The van der Waals surface area contributed by atoms with E-state index in [2.05, 4.69) is 18.4 Å². The maximum absolute atomic E-state index is 12.7. The number of rotatable bonds is 46. The van der Waals surface area contributed by atoms with Gasteiger partial charge in [-0.2, -0.15) is 0 Å². The summed E-state index contributed by atoms with van der Waals surface area (Å²) in [4.78, 5) is 46.0. The summed E-state index contributed by atoms with van der Waals surface area (Å²) in [5.41, 5.74) is 5.34. The quantitative estimate of drug-likeness (QED) is 0.0302. The van der Waals surface area contributed by atoms with Gasteiger partial charge in [-0.05, 0) is 12.8 Å². The fourth-order valence-corrected chi connectivity index (χ4v) is 7.85. The van der Waals surface area contributed by atoms with Crippen LogP contribution >= 0.6 is 7.82 Å². The topological polar surface area (TPSA) is 172 Å². The third kappa shape index (κ3) is 41.2. The van der Waals surface area contributed by atoms with Crippen LogP contribution in [0.4, 0.5) is 0 Å². The molecule has 0 spiro atoms. The fraction of sp³-hybridized carbons (Fsp3) is 0.935. The van der Waals surface area contributed by atoms with E-state index in [0.717, 1.165) is 38.5 Å². The van der Waals surface area contributed by atoms with Crippen LogP contribution in [0.15, 0.2) is 0 Å². The molecule has 0 bridgehead atoms. The van der Waals surface area contributed by atoms with Crippen LogP contribution in [0.25, 0.3) is 0 Å². The number of phosphoric ester groups is 1. The molecule has 0 amide bonds. The van der Waals surface area contributed by atoms with Crippen molar-refractivity contribution in [2.24, 2.45) is 5.73 Å². The molecular weight excluding hydrogens is 757 g/mol. The molecule has 0 aromatic carbocycles. The monoisotopic (exact) mass is 848 g/mol. The lowest BCUT2D eigenvalue weighted by molar-refractivity contribution is -0.161. The van der Waals surface area contributed by atoms with Crippen molar-refractivity contribution >= 4 is 25.7 Å². The molecule has 0 aromatic heterocycles. The van der Waals surface area contributed by atoms with E-state index in [1.54, 1.807) is 0 Å². The second kappa shape index (κ2) is 42.2. The molecule has 3 atom stereocenters. The first-order valence-corrected chi connectivity index (χ1v) is 25.6. The highest BCUT2D eigenvalue weighted by molar-refractivity contribution is 7.47. The van der Waals surface area contributed by atoms with Crippen molar-refractivity contribution in [1.29, 1.82) is 0 Å². The molecule has 58 heavy (non-hydrogen) atoms. The van der Waals surface area contributed by atoms with Crippen LogP contribution in [0.3, 0.4) is 0 Å². The molecule has 0 radical (unpaired) electrons. The van der Waals surface area contributed by atoms with Crippen LogP contribution in [0, 0.1) is 0 Å². The second-order valence-electron chi connectivity index (χ2n) is 16.6. The SMILES string of the molecule is CCCCCCCCCCCCCCCCCCCCCCCCCC(=O)O[C@@H](COC(=O)CCCCCCCCCCCCC)COP(=O)(O)OC[C@H](N)C(=O)O. The number of carboxylic acid groups (broad SMARTS) is 1. The molecule has 0 heterocycles. The van der Waals surface area contributed by atoms with Gasteiger partial charge in [0, 0.05) is 12.8 Å². The Morgan fingerprint density at radius 2 is 0.759 bits per heavy atom. The number of hydrogen-bond donors (Lipinski definition) is 3. The van der Waals surface area contributed by atoms with Crippen LogP contribution in [0.5, 0.6) is 0 Å². The number of nitrogens with two attached hydrogens (primary N) is 1. The van der Waals surface area contributed by atoms with Gasteiger partial charge < -0.3 is 25.2 Å². The molecule has 0 fully saturated rings. The molecule has 0 aliphatic carbocycles. The number of carbonyl (C=O) groups is 3. The predicted molar refractivity (Wildman–Crippen MR) is 236 cm³/mol. The number of unbranched alkanes of at least 4 members (excludes halogenated alkanes) is 32. The van der Waals surface area contributed by atoms with Crippen molar-refractivity contribution in [2.75, 3.05) is 19.8 Å². The minimum Gasteiger partial charge on any atom is -0.480 e. The van der Waals surface area contributed by atoms with Crippen molar-refractivity contribution in [1.82, 2.24) is 0 Å². The molecule has 12 heteroatoms. The highest BCUT2D eigenvalue weighted by atomic mass is 31.2. The standard InChI is InChI=1S/C46H90NO10P/c1-3-5-7-9-11-13-15-16-17-18-19-20-21-22-23-24-25-26-28-30-32-34-36-38-45(49)57-42(40-55-58(52,53)56-41-43(47)46(50)51)39-54-44(48)37-35-33-31-29-27-14-12-10-8-6-4-2/h42-43H,3-41,47H2,1-2H3,(H,50,51)(H,52,53)/t42-,43-/m0/s1. The summed E-state index contributed by atoms with van der Waals surface area (Å²) >= 11 is 0. The van der Waals surface area contributed by atoms with Crippen molar-refractivity contribution in [3.63, 3.8) is 0 Å². The molecule has 4 N–H and O–H groups in total. The minimum atomic E-state index is -4.71. The van der Waals surface area contributed by atoms with Crippen molar-refractivity contribution in [3.05, 3.63) is 0 Å². The van der Waals surface area contributed by atoms with Gasteiger partial charge in [0.15, 0.2) is 6.10 Å². The van der Waals surface area contributed by atoms with Crippen molar-refractivity contribution < 1.29 is 47.5 Å². The first-order chi connectivity index (χ1) is 28.1. The van der Waals surface area contributed by atoms with Gasteiger partial charge in [0.25, 0.3) is 0 Å². The number of hydrogen-bond acceptors (Lipinski definition) is 9. The van der Waals surface area contributed by atoms with E-state index in [9.17, 15) is 23.8 Å². The smallest absolute Gasteiger partial charge is 0.472 e. The number of aliphatic carboxylic acids is 1. The van der Waals surface area contributed by atoms with Gasteiger partial charge in [0.2, 0.25) is 0 Å². The van der Waals surface area contributed by atoms with Crippen molar-refractivity contribution in [2.45, 2.75) is 257 Å². The van der Waals surface area contributed by atoms with Crippen LogP contribution in [0.1, 0.15) is 245 Å². The predicted octanol–water partition coefficient (Wildman–Crippen LogP) is 13.1. The molecule has 0 aliphatic rings. The number of esters is 2. The van der Waals surface area contributed by atoms with Gasteiger partial charge in [0.1, 0.15) is 12.6 Å².